The molecule has 0 spiro atoms. The molecule has 2 heteroatoms. The van der Waals surface area contributed by atoms with E-state index >= 15 is 0 Å². The van der Waals surface area contributed by atoms with Gasteiger partial charge in [-0.25, -0.2) is 0 Å². The maximum atomic E-state index is 2.20. The zero-order chi connectivity index (χ0) is 10.2. The van der Waals surface area contributed by atoms with Crippen molar-refractivity contribution in [3.05, 3.63) is 47.4 Å². The fraction of sp³-hybridized carbons (Fsp3) is 0.333. The number of hydrogen-bond donors (Lipinski definition) is 0. The molecule has 0 bridgehead atoms. The lowest BCUT2D eigenvalue weighted by Gasteiger charge is -2.01. The molecule has 76 valence electrons. The van der Waals surface area contributed by atoms with Crippen LogP contribution in [0.2, 0.25) is 0 Å². The zero-order valence-corrected chi connectivity index (χ0v) is 10.3. The average molecular weight is 224 g/mol. The van der Waals surface area contributed by atoms with Gasteiger partial charge < -0.3 is 0 Å². The summed E-state index contributed by atoms with van der Waals surface area (Å²) in [6.07, 6.45) is 2.16. The van der Waals surface area contributed by atoms with Crippen molar-refractivity contribution in [1.82, 2.24) is 0 Å². The van der Waals surface area contributed by atoms with Crippen molar-refractivity contribution in [1.29, 1.82) is 0 Å². The second kappa shape index (κ2) is 7.02. The van der Waals surface area contributed by atoms with Gasteiger partial charge in [0.1, 0.15) is 0 Å². The summed E-state index contributed by atoms with van der Waals surface area (Å²) in [5.41, 5.74) is 1.41. The second-order valence-electron chi connectivity index (χ2n) is 3.32. The Kier molecular flexibility index (Phi) is 5.88. The van der Waals surface area contributed by atoms with Crippen molar-refractivity contribution in [2.24, 2.45) is 0 Å². The smallest absolute Gasteiger partial charge is 0.0229 e. The summed E-state index contributed by atoms with van der Waals surface area (Å²) >= 11 is 0. The monoisotopic (exact) mass is 224 g/mol. The summed E-state index contributed by atoms with van der Waals surface area (Å²) in [5.74, 6) is 1.86. The summed E-state index contributed by atoms with van der Waals surface area (Å²) in [6.45, 7) is 4.41. The minimum Gasteiger partial charge on any atom is -0.0854 e. The Bertz CT molecular complexity index is 259. The van der Waals surface area contributed by atoms with Crippen LogP contribution in [0.3, 0.4) is 0 Å². The third kappa shape index (κ3) is 4.77. The highest BCUT2D eigenvalue weighted by Crippen LogP contribution is 2.27. The van der Waals surface area contributed by atoms with Crippen LogP contribution in [-0.2, 0) is 0 Å². The quantitative estimate of drug-likeness (QED) is 0.634. The SMILES string of the molecule is C1=CSSC1.CC(C)c1ccccc1. The first-order valence-corrected chi connectivity index (χ1v) is 7.17. The molecule has 1 aliphatic rings. The Hall–Kier alpha value is -0.340. The molecule has 0 radical (unpaired) electrons. The van der Waals surface area contributed by atoms with Gasteiger partial charge in [0.2, 0.25) is 0 Å². The van der Waals surface area contributed by atoms with Crippen LogP contribution in [0.4, 0.5) is 0 Å². The molecule has 2 rings (SSSR count). The first-order valence-electron chi connectivity index (χ1n) is 4.79. The summed E-state index contributed by atoms with van der Waals surface area (Å²) in [6, 6.07) is 10.5. The molecule has 0 saturated heterocycles. The molecular formula is C12H16S2. The molecule has 0 aliphatic carbocycles. The molecule has 0 saturated carbocycles. The predicted molar refractivity (Wildman–Crippen MR) is 69.7 cm³/mol. The van der Waals surface area contributed by atoms with Crippen LogP contribution < -0.4 is 0 Å². The molecule has 1 aromatic rings. The fourth-order valence-electron chi connectivity index (χ4n) is 1.03. The summed E-state index contributed by atoms with van der Waals surface area (Å²) in [7, 11) is 3.69. The maximum absolute atomic E-state index is 2.20. The minimum absolute atomic E-state index is 0.659. The lowest BCUT2D eigenvalue weighted by molar-refractivity contribution is 0.867. The van der Waals surface area contributed by atoms with E-state index in [0.717, 1.165) is 0 Å². The third-order valence-corrected chi connectivity index (χ3v) is 3.77. The van der Waals surface area contributed by atoms with E-state index in [1.54, 1.807) is 0 Å². The summed E-state index contributed by atoms with van der Waals surface area (Å²) in [4.78, 5) is 0. The number of benzene rings is 1. The highest BCUT2D eigenvalue weighted by atomic mass is 33.1. The molecule has 0 unspecified atom stereocenters. The highest BCUT2D eigenvalue weighted by molar-refractivity contribution is 8.78. The number of rotatable bonds is 1. The lowest BCUT2D eigenvalue weighted by atomic mass is 10.0. The van der Waals surface area contributed by atoms with Crippen LogP contribution in [0.25, 0.3) is 0 Å². The Morgan fingerprint density at radius 2 is 1.86 bits per heavy atom. The summed E-state index contributed by atoms with van der Waals surface area (Å²) < 4.78 is 0. The van der Waals surface area contributed by atoms with Crippen LogP contribution in [0.5, 0.6) is 0 Å². The van der Waals surface area contributed by atoms with Crippen molar-refractivity contribution in [2.45, 2.75) is 19.8 Å². The normalized spacial score (nSPS) is 13.9. The van der Waals surface area contributed by atoms with Crippen molar-refractivity contribution >= 4 is 21.6 Å². The Labute approximate surface area is 94.6 Å². The Morgan fingerprint density at radius 1 is 1.14 bits per heavy atom. The molecule has 0 atom stereocenters. The minimum atomic E-state index is 0.659. The molecular weight excluding hydrogens is 208 g/mol. The van der Waals surface area contributed by atoms with Gasteiger partial charge in [-0.05, 0) is 16.9 Å². The fourth-order valence-corrected chi connectivity index (χ4v) is 2.61. The standard InChI is InChI=1S/C9H12.C3H4S2/c1-8(2)9-6-4-3-5-7-9;1-2-4-5-3-1/h3-8H,1-2H3;1-2H,3H2. The van der Waals surface area contributed by atoms with E-state index in [1.165, 1.54) is 11.3 Å². The molecule has 0 fully saturated rings. The van der Waals surface area contributed by atoms with Gasteiger partial charge in [-0.15, -0.1) is 0 Å². The Balaban J connectivity index is 0.000000165. The average Bonchev–Trinajstić information content (AvgIpc) is 2.77. The van der Waals surface area contributed by atoms with Gasteiger partial charge in [0.15, 0.2) is 0 Å². The molecule has 1 aliphatic heterocycles. The molecule has 1 aromatic carbocycles. The molecule has 1 heterocycles. The highest BCUT2D eigenvalue weighted by Gasteiger charge is 1.93. The third-order valence-electron chi connectivity index (χ3n) is 1.85. The summed E-state index contributed by atoms with van der Waals surface area (Å²) in [5, 5.41) is 2.12. The van der Waals surface area contributed by atoms with E-state index in [0.29, 0.717) is 5.92 Å². The van der Waals surface area contributed by atoms with E-state index in [1.807, 2.05) is 27.7 Å². The van der Waals surface area contributed by atoms with Crippen LogP contribution in [0.1, 0.15) is 25.3 Å². The van der Waals surface area contributed by atoms with Crippen molar-refractivity contribution < 1.29 is 0 Å². The van der Waals surface area contributed by atoms with Gasteiger partial charge in [-0.1, -0.05) is 71.8 Å². The molecule has 0 aromatic heterocycles. The van der Waals surface area contributed by atoms with E-state index in [2.05, 4.69) is 49.6 Å². The van der Waals surface area contributed by atoms with Crippen LogP contribution in [0.15, 0.2) is 41.8 Å². The van der Waals surface area contributed by atoms with Crippen LogP contribution >= 0.6 is 21.6 Å². The first-order chi connectivity index (χ1) is 6.80. The Morgan fingerprint density at radius 3 is 2.14 bits per heavy atom. The molecule has 0 N–H and O–H groups in total. The maximum Gasteiger partial charge on any atom is 0.0229 e. The van der Waals surface area contributed by atoms with Gasteiger partial charge in [0.05, 0.1) is 0 Å². The van der Waals surface area contributed by atoms with Crippen molar-refractivity contribution in [2.75, 3.05) is 5.75 Å². The van der Waals surface area contributed by atoms with Crippen LogP contribution in [0, 0.1) is 0 Å². The number of hydrogen-bond acceptors (Lipinski definition) is 2. The van der Waals surface area contributed by atoms with Crippen LogP contribution in [-0.4, -0.2) is 5.75 Å². The van der Waals surface area contributed by atoms with Crippen molar-refractivity contribution in [3.63, 3.8) is 0 Å². The topological polar surface area (TPSA) is 0 Å². The molecule has 0 nitrogen and oxygen atoms in total. The predicted octanol–water partition coefficient (Wildman–Crippen LogP) is 4.71. The first kappa shape index (κ1) is 11.7. The second-order valence-corrected chi connectivity index (χ2v) is 5.64. The van der Waals surface area contributed by atoms with Gasteiger partial charge in [0.25, 0.3) is 0 Å². The van der Waals surface area contributed by atoms with E-state index in [-0.39, 0.29) is 0 Å². The molecule has 14 heavy (non-hydrogen) atoms. The van der Waals surface area contributed by atoms with E-state index in [9.17, 15) is 0 Å². The van der Waals surface area contributed by atoms with Gasteiger partial charge in [-0.2, -0.15) is 0 Å². The van der Waals surface area contributed by atoms with Gasteiger partial charge in [0, 0.05) is 5.75 Å². The van der Waals surface area contributed by atoms with Gasteiger partial charge in [-0.3, -0.25) is 0 Å². The lowest BCUT2D eigenvalue weighted by Crippen LogP contribution is -1.83. The van der Waals surface area contributed by atoms with E-state index in [4.69, 9.17) is 0 Å². The molecule has 0 amide bonds. The van der Waals surface area contributed by atoms with Crippen molar-refractivity contribution in [3.8, 4) is 0 Å². The van der Waals surface area contributed by atoms with E-state index < -0.39 is 0 Å². The zero-order valence-electron chi connectivity index (χ0n) is 8.64. The largest absolute Gasteiger partial charge is 0.0854 e. The van der Waals surface area contributed by atoms with Gasteiger partial charge >= 0.3 is 0 Å².